The number of nitrogen functional groups attached to an aromatic ring is 1. The Morgan fingerprint density at radius 2 is 2.16 bits per heavy atom. The van der Waals surface area contributed by atoms with Crippen molar-refractivity contribution in [2.45, 2.75) is 32.4 Å². The number of nitrogens with zero attached hydrogens (tertiary/aromatic N) is 3. The molecule has 1 aromatic carbocycles. The Morgan fingerprint density at radius 3 is 2.84 bits per heavy atom. The maximum Gasteiger partial charge on any atom is 0.181 e. The van der Waals surface area contributed by atoms with Crippen molar-refractivity contribution in [1.82, 2.24) is 14.8 Å². The quantitative estimate of drug-likeness (QED) is 0.838. The van der Waals surface area contributed by atoms with Gasteiger partial charge in [0, 0.05) is 24.9 Å². The molecule has 0 bridgehead atoms. The molecule has 0 radical (unpaired) electrons. The largest absolute Gasteiger partial charge is 0.399 e. The summed E-state index contributed by atoms with van der Waals surface area (Å²) in [6.07, 6.45) is 2.62. The summed E-state index contributed by atoms with van der Waals surface area (Å²) in [6.45, 7) is 4.89. The summed E-state index contributed by atoms with van der Waals surface area (Å²) in [5, 5.41) is 4.45. The lowest BCUT2D eigenvalue weighted by atomic mass is 10.1. The number of anilines is 1. The number of benzene rings is 1. The normalized spacial score (nSPS) is 11.7. The maximum absolute atomic E-state index is 5.76. The van der Waals surface area contributed by atoms with Gasteiger partial charge in [0.1, 0.15) is 6.33 Å². The van der Waals surface area contributed by atoms with Crippen LogP contribution in [0.25, 0.3) is 11.4 Å². The number of hydrogen-bond acceptors (Lipinski definition) is 4. The fourth-order valence-corrected chi connectivity index (χ4v) is 1.70. The van der Waals surface area contributed by atoms with Gasteiger partial charge < -0.3 is 10.5 Å². The van der Waals surface area contributed by atoms with E-state index in [9.17, 15) is 0 Å². The Morgan fingerprint density at radius 1 is 1.37 bits per heavy atom. The van der Waals surface area contributed by atoms with Gasteiger partial charge in [-0.3, -0.25) is 4.68 Å². The summed E-state index contributed by atoms with van der Waals surface area (Å²) in [6, 6.07) is 7.58. The molecule has 5 heteroatoms. The van der Waals surface area contributed by atoms with Gasteiger partial charge in [0.15, 0.2) is 5.82 Å². The van der Waals surface area contributed by atoms with E-state index < -0.39 is 0 Å². The average molecular weight is 260 g/mol. The first-order valence-electron chi connectivity index (χ1n) is 6.31. The van der Waals surface area contributed by atoms with Gasteiger partial charge >= 0.3 is 0 Å². The lowest BCUT2D eigenvalue weighted by Gasteiger charge is -2.22. The van der Waals surface area contributed by atoms with E-state index in [-0.39, 0.29) is 5.60 Å². The molecule has 2 N–H and O–H groups in total. The van der Waals surface area contributed by atoms with E-state index in [0.717, 1.165) is 24.2 Å². The molecule has 0 aliphatic carbocycles. The van der Waals surface area contributed by atoms with Gasteiger partial charge in [0.05, 0.1) is 5.60 Å². The molecular weight excluding hydrogens is 240 g/mol. The first-order chi connectivity index (χ1) is 9.00. The van der Waals surface area contributed by atoms with Crippen molar-refractivity contribution in [3.63, 3.8) is 0 Å². The summed E-state index contributed by atoms with van der Waals surface area (Å²) in [4.78, 5) is 4.31. The molecule has 1 aromatic heterocycles. The predicted octanol–water partition coefficient (Wildman–Crippen LogP) is 2.34. The molecule has 0 atom stereocenters. The molecule has 0 fully saturated rings. The minimum atomic E-state index is -0.150. The summed E-state index contributed by atoms with van der Waals surface area (Å²) < 4.78 is 7.22. The highest BCUT2D eigenvalue weighted by Gasteiger charge is 2.16. The number of hydrogen-bond donors (Lipinski definition) is 1. The second-order valence-electron chi connectivity index (χ2n) is 5.17. The lowest BCUT2D eigenvalue weighted by molar-refractivity contribution is 0.0113. The third-order valence-electron chi connectivity index (χ3n) is 3.18. The Balaban J connectivity index is 2.07. The first kappa shape index (κ1) is 13.5. The second kappa shape index (κ2) is 5.40. The van der Waals surface area contributed by atoms with Crippen molar-refractivity contribution in [1.29, 1.82) is 0 Å². The van der Waals surface area contributed by atoms with Crippen LogP contribution in [0.3, 0.4) is 0 Å². The molecular formula is C14H20N4O. The van der Waals surface area contributed by atoms with Gasteiger partial charge in [0.25, 0.3) is 0 Å². The molecule has 0 saturated carbocycles. The average Bonchev–Trinajstić information content (AvgIpc) is 2.85. The van der Waals surface area contributed by atoms with E-state index in [1.54, 1.807) is 13.4 Å². The smallest absolute Gasteiger partial charge is 0.181 e. The van der Waals surface area contributed by atoms with Crippen LogP contribution < -0.4 is 5.73 Å². The van der Waals surface area contributed by atoms with Crippen LogP contribution in [-0.2, 0) is 11.3 Å². The van der Waals surface area contributed by atoms with Gasteiger partial charge in [-0.1, -0.05) is 12.1 Å². The van der Waals surface area contributed by atoms with Crippen LogP contribution in [0.2, 0.25) is 0 Å². The summed E-state index contributed by atoms with van der Waals surface area (Å²) in [5.74, 6) is 0.697. The van der Waals surface area contributed by atoms with Crippen molar-refractivity contribution in [3.8, 4) is 11.4 Å². The topological polar surface area (TPSA) is 66.0 Å². The summed E-state index contributed by atoms with van der Waals surface area (Å²) in [5.41, 5.74) is 7.26. The Bertz CT molecular complexity index is 548. The third kappa shape index (κ3) is 3.54. The van der Waals surface area contributed by atoms with Gasteiger partial charge in [-0.15, -0.1) is 0 Å². The third-order valence-corrected chi connectivity index (χ3v) is 3.18. The SMILES string of the molecule is COC(C)(C)CCn1cnc(-c2cccc(N)c2)n1. The van der Waals surface area contributed by atoms with Gasteiger partial charge in [0.2, 0.25) is 0 Å². The molecule has 102 valence electrons. The van der Waals surface area contributed by atoms with Gasteiger partial charge in [-0.2, -0.15) is 5.10 Å². The number of rotatable bonds is 5. The molecule has 1 heterocycles. The second-order valence-corrected chi connectivity index (χ2v) is 5.17. The van der Waals surface area contributed by atoms with Crippen LogP contribution in [0.15, 0.2) is 30.6 Å². The first-order valence-corrected chi connectivity index (χ1v) is 6.31. The van der Waals surface area contributed by atoms with E-state index in [2.05, 4.69) is 23.9 Å². The highest BCUT2D eigenvalue weighted by Crippen LogP contribution is 2.18. The maximum atomic E-state index is 5.76. The highest BCUT2D eigenvalue weighted by atomic mass is 16.5. The Labute approximate surface area is 113 Å². The number of aryl methyl sites for hydroxylation is 1. The predicted molar refractivity (Wildman–Crippen MR) is 75.6 cm³/mol. The zero-order valence-electron chi connectivity index (χ0n) is 11.6. The molecule has 19 heavy (non-hydrogen) atoms. The Kier molecular flexibility index (Phi) is 3.85. The zero-order chi connectivity index (χ0) is 13.9. The van der Waals surface area contributed by atoms with E-state index in [0.29, 0.717) is 5.82 Å². The molecule has 0 aliphatic rings. The van der Waals surface area contributed by atoms with Crippen LogP contribution >= 0.6 is 0 Å². The fourth-order valence-electron chi connectivity index (χ4n) is 1.70. The van der Waals surface area contributed by atoms with Gasteiger partial charge in [-0.25, -0.2) is 4.98 Å². The molecule has 2 rings (SSSR count). The van der Waals surface area contributed by atoms with Crippen LogP contribution in [0.4, 0.5) is 5.69 Å². The Hall–Kier alpha value is -1.88. The molecule has 0 amide bonds. The molecule has 2 aromatic rings. The van der Waals surface area contributed by atoms with Crippen LogP contribution in [-0.4, -0.2) is 27.5 Å². The lowest BCUT2D eigenvalue weighted by Crippen LogP contribution is -2.24. The highest BCUT2D eigenvalue weighted by molar-refractivity contribution is 5.60. The van der Waals surface area contributed by atoms with E-state index in [1.165, 1.54) is 0 Å². The number of ether oxygens (including phenoxy) is 1. The molecule has 0 unspecified atom stereocenters. The van der Waals surface area contributed by atoms with E-state index in [4.69, 9.17) is 10.5 Å². The minimum Gasteiger partial charge on any atom is -0.399 e. The van der Waals surface area contributed by atoms with Crippen LogP contribution in [0.5, 0.6) is 0 Å². The van der Waals surface area contributed by atoms with Crippen LogP contribution in [0, 0.1) is 0 Å². The van der Waals surface area contributed by atoms with Crippen molar-refractivity contribution in [3.05, 3.63) is 30.6 Å². The zero-order valence-corrected chi connectivity index (χ0v) is 11.6. The van der Waals surface area contributed by atoms with Crippen LogP contribution in [0.1, 0.15) is 20.3 Å². The standard InChI is InChI=1S/C14H20N4O/c1-14(2,19-3)7-8-18-10-16-13(17-18)11-5-4-6-12(15)9-11/h4-6,9-10H,7-8,15H2,1-3H3. The fraction of sp³-hybridized carbons (Fsp3) is 0.429. The molecule has 0 saturated heterocycles. The van der Waals surface area contributed by atoms with Crippen molar-refractivity contribution in [2.24, 2.45) is 0 Å². The summed E-state index contributed by atoms with van der Waals surface area (Å²) in [7, 11) is 1.72. The van der Waals surface area contributed by atoms with Crippen molar-refractivity contribution in [2.75, 3.05) is 12.8 Å². The van der Waals surface area contributed by atoms with E-state index >= 15 is 0 Å². The molecule has 5 nitrogen and oxygen atoms in total. The minimum absolute atomic E-state index is 0.150. The number of nitrogens with two attached hydrogens (primary N) is 1. The monoisotopic (exact) mass is 260 g/mol. The van der Waals surface area contributed by atoms with Gasteiger partial charge in [-0.05, 0) is 32.4 Å². The van der Waals surface area contributed by atoms with Crippen molar-refractivity contribution < 1.29 is 4.74 Å². The number of methoxy groups -OCH3 is 1. The molecule has 0 spiro atoms. The van der Waals surface area contributed by atoms with Crippen molar-refractivity contribution >= 4 is 5.69 Å². The summed E-state index contributed by atoms with van der Waals surface area (Å²) >= 11 is 0. The number of aromatic nitrogens is 3. The molecule has 0 aliphatic heterocycles. The van der Waals surface area contributed by atoms with E-state index in [1.807, 2.05) is 28.9 Å².